The highest BCUT2D eigenvalue weighted by Crippen LogP contribution is 2.43. The first-order valence-corrected chi connectivity index (χ1v) is 9.76. The molecule has 1 saturated carbocycles. The maximum absolute atomic E-state index is 12.3. The monoisotopic (exact) mass is 375 g/mol. The van der Waals surface area contributed by atoms with Crippen molar-refractivity contribution in [1.29, 1.82) is 0 Å². The number of hydrogen-bond acceptors (Lipinski definition) is 4. The fraction of sp³-hybridized carbons (Fsp3) is 0.600. The molecule has 0 aromatic heterocycles. The minimum Gasteiger partial charge on any atom is -0.454 e. The molecule has 1 aromatic rings. The number of carbonyl (C=O) groups is 2. The fourth-order valence-corrected chi connectivity index (χ4v) is 3.91. The summed E-state index contributed by atoms with van der Waals surface area (Å²) >= 11 is 0. The second kappa shape index (κ2) is 8.50. The maximum Gasteiger partial charge on any atom is 0.315 e. The number of amides is 3. The highest BCUT2D eigenvalue weighted by Gasteiger charge is 2.35. The predicted molar refractivity (Wildman–Crippen MR) is 102 cm³/mol. The number of urea groups is 1. The third kappa shape index (κ3) is 4.46. The van der Waals surface area contributed by atoms with Crippen LogP contribution in [-0.4, -0.2) is 37.9 Å². The van der Waals surface area contributed by atoms with Crippen LogP contribution < -0.4 is 25.4 Å². The number of ether oxygens (including phenoxy) is 2. The van der Waals surface area contributed by atoms with Crippen molar-refractivity contribution >= 4 is 11.9 Å². The zero-order valence-corrected chi connectivity index (χ0v) is 16.1. The Morgan fingerprint density at radius 3 is 2.59 bits per heavy atom. The van der Waals surface area contributed by atoms with Gasteiger partial charge in [0, 0.05) is 18.5 Å². The molecule has 1 unspecified atom stereocenters. The lowest BCUT2D eigenvalue weighted by Gasteiger charge is -2.38. The largest absolute Gasteiger partial charge is 0.454 e. The zero-order valence-electron chi connectivity index (χ0n) is 16.1. The molecule has 1 aliphatic heterocycles. The lowest BCUT2D eigenvalue weighted by molar-refractivity contribution is -0.122. The maximum atomic E-state index is 12.3. The van der Waals surface area contributed by atoms with Crippen molar-refractivity contribution in [3.63, 3.8) is 0 Å². The molecule has 7 heteroatoms. The minimum atomic E-state index is -0.571. The Bertz CT molecular complexity index is 686. The van der Waals surface area contributed by atoms with E-state index in [0.717, 1.165) is 37.2 Å². The second-order valence-corrected chi connectivity index (χ2v) is 7.35. The van der Waals surface area contributed by atoms with Gasteiger partial charge in [-0.15, -0.1) is 0 Å². The molecular weight excluding hydrogens is 346 g/mol. The summed E-state index contributed by atoms with van der Waals surface area (Å²) in [7, 11) is 0. The molecule has 1 heterocycles. The summed E-state index contributed by atoms with van der Waals surface area (Å²) in [6.07, 6.45) is 5.50. The van der Waals surface area contributed by atoms with Gasteiger partial charge >= 0.3 is 6.03 Å². The summed E-state index contributed by atoms with van der Waals surface area (Å²) in [5.41, 5.74) is 1.05. The van der Waals surface area contributed by atoms with Crippen LogP contribution in [0.4, 0.5) is 4.79 Å². The molecule has 3 N–H and O–H groups in total. The molecule has 0 saturated heterocycles. The first kappa shape index (κ1) is 19.3. The van der Waals surface area contributed by atoms with Crippen LogP contribution >= 0.6 is 0 Å². The van der Waals surface area contributed by atoms with E-state index < -0.39 is 6.04 Å². The topological polar surface area (TPSA) is 88.7 Å². The molecular formula is C20H29N3O4. The van der Waals surface area contributed by atoms with Crippen LogP contribution in [0.1, 0.15) is 51.5 Å². The molecule has 27 heavy (non-hydrogen) atoms. The Kier molecular flexibility index (Phi) is 6.08. The van der Waals surface area contributed by atoms with Crippen molar-refractivity contribution in [2.45, 2.75) is 57.4 Å². The van der Waals surface area contributed by atoms with Gasteiger partial charge < -0.3 is 25.4 Å². The third-order valence-electron chi connectivity index (χ3n) is 5.47. The molecule has 1 aliphatic carbocycles. The van der Waals surface area contributed by atoms with Crippen molar-refractivity contribution in [1.82, 2.24) is 16.0 Å². The van der Waals surface area contributed by atoms with E-state index in [1.807, 2.05) is 19.1 Å². The van der Waals surface area contributed by atoms with Crippen molar-refractivity contribution in [3.05, 3.63) is 23.8 Å². The summed E-state index contributed by atoms with van der Waals surface area (Å²) in [5, 5.41) is 8.40. The molecule has 0 bridgehead atoms. The van der Waals surface area contributed by atoms with Gasteiger partial charge in [-0.25, -0.2) is 4.79 Å². The average Bonchev–Trinajstić information content (AvgIpc) is 3.15. The predicted octanol–water partition coefficient (Wildman–Crippen LogP) is 2.44. The third-order valence-corrected chi connectivity index (χ3v) is 5.47. The molecule has 1 atom stereocenters. The van der Waals surface area contributed by atoms with Crippen LogP contribution in [0.2, 0.25) is 0 Å². The molecule has 3 amide bonds. The molecule has 7 nitrogen and oxygen atoms in total. The van der Waals surface area contributed by atoms with E-state index in [2.05, 4.69) is 22.0 Å². The summed E-state index contributed by atoms with van der Waals surface area (Å²) < 4.78 is 11.0. The Morgan fingerprint density at radius 2 is 1.85 bits per heavy atom. The molecule has 0 radical (unpaired) electrons. The van der Waals surface area contributed by atoms with Crippen LogP contribution in [0.25, 0.3) is 0 Å². The summed E-state index contributed by atoms with van der Waals surface area (Å²) in [6, 6.07) is 5.18. The Hall–Kier alpha value is -2.44. The van der Waals surface area contributed by atoms with Gasteiger partial charge in [0.15, 0.2) is 11.5 Å². The molecule has 1 aromatic carbocycles. The summed E-state index contributed by atoms with van der Waals surface area (Å²) in [4.78, 5) is 24.1. The fourth-order valence-electron chi connectivity index (χ4n) is 3.91. The molecule has 1 fully saturated rings. The standard InChI is InChI=1S/C20H29N3O4/c1-3-21-18(24)14(2)23-19(25)22-12-20(9-5-4-6-10-20)15-7-8-16-17(11-15)27-13-26-16/h7-8,11,14H,3-6,9-10,12-13H2,1-2H3,(H,21,24)(H2,22,23,25). The summed E-state index contributed by atoms with van der Waals surface area (Å²) in [6.45, 7) is 4.85. The highest BCUT2D eigenvalue weighted by molar-refractivity contribution is 5.86. The molecule has 148 valence electrons. The minimum absolute atomic E-state index is 0.120. The van der Waals surface area contributed by atoms with E-state index in [9.17, 15) is 9.59 Å². The van der Waals surface area contributed by atoms with Gasteiger partial charge in [-0.05, 0) is 44.4 Å². The van der Waals surface area contributed by atoms with Gasteiger partial charge in [0.25, 0.3) is 0 Å². The van der Waals surface area contributed by atoms with Crippen LogP contribution in [-0.2, 0) is 10.2 Å². The van der Waals surface area contributed by atoms with E-state index in [0.29, 0.717) is 13.1 Å². The number of nitrogens with one attached hydrogen (secondary N) is 3. The number of carbonyl (C=O) groups excluding carboxylic acids is 2. The zero-order chi connectivity index (χ0) is 19.3. The first-order valence-electron chi connectivity index (χ1n) is 9.76. The van der Waals surface area contributed by atoms with Gasteiger partial charge in [0.2, 0.25) is 12.7 Å². The van der Waals surface area contributed by atoms with Crippen LogP contribution in [0, 0.1) is 0 Å². The molecule has 2 aliphatic rings. The van der Waals surface area contributed by atoms with Crippen LogP contribution in [0.3, 0.4) is 0 Å². The summed E-state index contributed by atoms with van der Waals surface area (Å²) in [5.74, 6) is 1.36. The van der Waals surface area contributed by atoms with Crippen LogP contribution in [0.15, 0.2) is 18.2 Å². The van der Waals surface area contributed by atoms with Crippen molar-refractivity contribution in [2.75, 3.05) is 19.9 Å². The van der Waals surface area contributed by atoms with E-state index in [-0.39, 0.29) is 24.1 Å². The number of rotatable bonds is 6. The number of fused-ring (bicyclic) bond motifs is 1. The van der Waals surface area contributed by atoms with Crippen molar-refractivity contribution in [2.24, 2.45) is 0 Å². The van der Waals surface area contributed by atoms with Crippen molar-refractivity contribution in [3.8, 4) is 11.5 Å². The van der Waals surface area contributed by atoms with Gasteiger partial charge in [0.1, 0.15) is 6.04 Å². The van der Waals surface area contributed by atoms with Crippen LogP contribution in [0.5, 0.6) is 11.5 Å². The number of likely N-dealkylation sites (N-methyl/N-ethyl adjacent to an activating group) is 1. The van der Waals surface area contributed by atoms with Gasteiger partial charge in [-0.1, -0.05) is 25.3 Å². The highest BCUT2D eigenvalue weighted by atomic mass is 16.7. The quantitative estimate of drug-likeness (QED) is 0.713. The van der Waals surface area contributed by atoms with Gasteiger partial charge in [0.05, 0.1) is 0 Å². The first-order chi connectivity index (χ1) is 13.0. The number of benzene rings is 1. The van der Waals surface area contributed by atoms with E-state index in [1.165, 1.54) is 12.0 Å². The van der Waals surface area contributed by atoms with E-state index >= 15 is 0 Å². The normalized spacial score (nSPS) is 18.4. The Labute approximate surface area is 160 Å². The number of hydrogen-bond donors (Lipinski definition) is 3. The SMILES string of the molecule is CCNC(=O)C(C)NC(=O)NCC1(c2ccc3c(c2)OCO3)CCCCC1. The van der Waals surface area contributed by atoms with E-state index in [1.54, 1.807) is 6.92 Å². The van der Waals surface area contributed by atoms with Crippen molar-refractivity contribution < 1.29 is 19.1 Å². The average molecular weight is 375 g/mol. The van der Waals surface area contributed by atoms with Gasteiger partial charge in [-0.2, -0.15) is 0 Å². The van der Waals surface area contributed by atoms with E-state index in [4.69, 9.17) is 9.47 Å². The van der Waals surface area contributed by atoms with Gasteiger partial charge in [-0.3, -0.25) is 4.79 Å². The Balaban J connectivity index is 1.67. The lowest BCUT2D eigenvalue weighted by atomic mass is 9.69. The second-order valence-electron chi connectivity index (χ2n) is 7.35. The molecule has 0 spiro atoms. The Morgan fingerprint density at radius 1 is 1.11 bits per heavy atom. The lowest BCUT2D eigenvalue weighted by Crippen LogP contribution is -2.51. The molecule has 3 rings (SSSR count). The smallest absolute Gasteiger partial charge is 0.315 e.